The highest BCUT2D eigenvalue weighted by Crippen LogP contribution is 2.18. The van der Waals surface area contributed by atoms with Gasteiger partial charge in [-0.25, -0.2) is 9.47 Å². The van der Waals surface area contributed by atoms with Crippen LogP contribution in [0, 0.1) is 13.8 Å². The highest BCUT2D eigenvalue weighted by Gasteiger charge is 2.19. The zero-order valence-electron chi connectivity index (χ0n) is 10.0. The smallest absolute Gasteiger partial charge is 0.337 e. The van der Waals surface area contributed by atoms with Crippen molar-refractivity contribution < 1.29 is 9.90 Å². The maximum Gasteiger partial charge on any atom is 0.337 e. The minimum Gasteiger partial charge on any atom is -0.478 e. The van der Waals surface area contributed by atoms with Gasteiger partial charge in [-0.05, 0) is 25.8 Å². The van der Waals surface area contributed by atoms with Gasteiger partial charge >= 0.3 is 5.97 Å². The first-order chi connectivity index (χ1) is 7.91. The molecule has 6 heteroatoms. The van der Waals surface area contributed by atoms with Gasteiger partial charge in [0.2, 0.25) is 0 Å². The zero-order chi connectivity index (χ0) is 13.2. The molecule has 0 bridgehead atoms. The number of rotatable bonds is 4. The zero-order valence-corrected chi connectivity index (χ0v) is 10.8. The number of halogens is 1. The molecule has 0 unspecified atom stereocenters. The maximum atomic E-state index is 11.9. The van der Waals surface area contributed by atoms with E-state index in [-0.39, 0.29) is 10.6 Å². The number of carbonyl (C=O) groups is 1. The summed E-state index contributed by atoms with van der Waals surface area (Å²) in [5.74, 6) is -1.09. The second-order valence-corrected chi connectivity index (χ2v) is 4.13. The number of pyridine rings is 1. The third kappa shape index (κ3) is 2.44. The second-order valence-electron chi connectivity index (χ2n) is 3.75. The molecule has 1 aromatic heterocycles. The van der Waals surface area contributed by atoms with Gasteiger partial charge in [0.1, 0.15) is 5.02 Å². The van der Waals surface area contributed by atoms with Crippen LogP contribution >= 0.6 is 11.6 Å². The highest BCUT2D eigenvalue weighted by molar-refractivity contribution is 6.31. The minimum absolute atomic E-state index is 0.0587. The predicted octanol–water partition coefficient (Wildman–Crippen LogP) is 1.77. The molecule has 0 fully saturated rings. The first-order valence-corrected chi connectivity index (χ1v) is 5.68. The molecule has 0 atom stereocenters. The summed E-state index contributed by atoms with van der Waals surface area (Å²) in [6.45, 7) is 5.63. The molecule has 1 rings (SSSR count). The summed E-state index contributed by atoms with van der Waals surface area (Å²) in [4.78, 5) is 23.0. The molecule has 5 nitrogen and oxygen atoms in total. The van der Waals surface area contributed by atoms with Gasteiger partial charge in [-0.15, -0.1) is 0 Å². The first-order valence-electron chi connectivity index (χ1n) is 5.30. The van der Waals surface area contributed by atoms with E-state index < -0.39 is 11.5 Å². The number of carboxylic acid groups (broad SMARTS) is 1. The number of hydrogen-bond acceptors (Lipinski definition) is 3. The van der Waals surface area contributed by atoms with Crippen LogP contribution in [0.15, 0.2) is 4.79 Å². The Labute approximate surface area is 104 Å². The van der Waals surface area contributed by atoms with Crippen LogP contribution in [-0.2, 0) is 0 Å². The van der Waals surface area contributed by atoms with Crippen LogP contribution in [0.5, 0.6) is 0 Å². The fourth-order valence-corrected chi connectivity index (χ4v) is 1.81. The van der Waals surface area contributed by atoms with Gasteiger partial charge in [-0.1, -0.05) is 18.5 Å². The summed E-state index contributed by atoms with van der Waals surface area (Å²) in [6.07, 6.45) is 0.819. The van der Waals surface area contributed by atoms with Crippen molar-refractivity contribution in [2.45, 2.75) is 27.2 Å². The number of hydrogen-bond donors (Lipinski definition) is 2. The molecular weight excluding hydrogens is 244 g/mol. The van der Waals surface area contributed by atoms with E-state index >= 15 is 0 Å². The molecular formula is C11H15ClN2O3. The lowest BCUT2D eigenvalue weighted by Gasteiger charge is -2.16. The molecule has 1 heterocycles. The molecule has 17 heavy (non-hydrogen) atoms. The van der Waals surface area contributed by atoms with Crippen molar-refractivity contribution >= 4 is 17.6 Å². The normalized spacial score (nSPS) is 10.4. The van der Waals surface area contributed by atoms with Crippen LogP contribution in [0.4, 0.5) is 0 Å². The summed E-state index contributed by atoms with van der Waals surface area (Å²) in [5.41, 5.74) is 3.16. The molecule has 94 valence electrons. The predicted molar refractivity (Wildman–Crippen MR) is 66.7 cm³/mol. The van der Waals surface area contributed by atoms with Crippen molar-refractivity contribution in [1.82, 2.24) is 4.68 Å². The molecule has 0 saturated heterocycles. The lowest BCUT2D eigenvalue weighted by molar-refractivity contribution is 0.0694. The van der Waals surface area contributed by atoms with E-state index in [4.69, 9.17) is 16.7 Å². The number of nitrogens with zero attached hydrogens (tertiary/aromatic N) is 1. The van der Waals surface area contributed by atoms with E-state index in [0.717, 1.165) is 6.42 Å². The Morgan fingerprint density at radius 2 is 2.06 bits per heavy atom. The Morgan fingerprint density at radius 1 is 1.47 bits per heavy atom. The standard InChI is InChI=1S/C11H15ClN2O3/c1-4-5-13-14-7(3)8(11(16)17)6(2)9(12)10(14)15/h13H,4-5H2,1-3H3,(H,16,17). The van der Waals surface area contributed by atoms with E-state index in [1.165, 1.54) is 11.6 Å². The molecule has 0 aliphatic heterocycles. The maximum absolute atomic E-state index is 11.9. The fourth-order valence-electron chi connectivity index (χ4n) is 1.63. The van der Waals surface area contributed by atoms with Crippen molar-refractivity contribution in [3.05, 3.63) is 32.2 Å². The topological polar surface area (TPSA) is 71.3 Å². The Kier molecular flexibility index (Phi) is 4.17. The number of nitrogens with one attached hydrogen (secondary N) is 1. The van der Waals surface area contributed by atoms with Gasteiger partial charge in [0.15, 0.2) is 0 Å². The molecule has 0 aliphatic carbocycles. The van der Waals surface area contributed by atoms with Crippen molar-refractivity contribution in [3.8, 4) is 0 Å². The summed E-state index contributed by atoms with van der Waals surface area (Å²) in [7, 11) is 0. The SMILES string of the molecule is CCCNn1c(C)c(C(=O)O)c(C)c(Cl)c1=O. The van der Waals surface area contributed by atoms with Crippen LogP contribution in [-0.4, -0.2) is 22.3 Å². The van der Waals surface area contributed by atoms with Gasteiger partial charge in [0.25, 0.3) is 5.56 Å². The van der Waals surface area contributed by atoms with Crippen LogP contribution in [0.3, 0.4) is 0 Å². The Hall–Kier alpha value is -1.49. The molecule has 0 saturated carbocycles. The third-order valence-electron chi connectivity index (χ3n) is 2.53. The van der Waals surface area contributed by atoms with Crippen molar-refractivity contribution in [2.24, 2.45) is 0 Å². The monoisotopic (exact) mass is 258 g/mol. The van der Waals surface area contributed by atoms with E-state index in [1.807, 2.05) is 6.92 Å². The molecule has 0 spiro atoms. The van der Waals surface area contributed by atoms with Crippen molar-refractivity contribution in [1.29, 1.82) is 0 Å². The van der Waals surface area contributed by atoms with E-state index in [1.54, 1.807) is 6.92 Å². The van der Waals surface area contributed by atoms with E-state index in [0.29, 0.717) is 17.8 Å². The fraction of sp³-hybridized carbons (Fsp3) is 0.455. The van der Waals surface area contributed by atoms with Crippen LogP contribution in [0.25, 0.3) is 0 Å². The van der Waals surface area contributed by atoms with Gasteiger partial charge < -0.3 is 10.5 Å². The average molecular weight is 259 g/mol. The molecule has 0 amide bonds. The molecule has 0 aliphatic rings. The summed E-state index contributed by atoms with van der Waals surface area (Å²) < 4.78 is 1.20. The lowest BCUT2D eigenvalue weighted by Crippen LogP contribution is -2.34. The summed E-state index contributed by atoms with van der Waals surface area (Å²) in [5, 5.41) is 9.05. The number of aromatic carboxylic acids is 1. The number of aromatic nitrogens is 1. The van der Waals surface area contributed by atoms with Crippen LogP contribution in [0.1, 0.15) is 35.0 Å². The lowest BCUT2D eigenvalue weighted by atomic mass is 10.1. The molecule has 0 aromatic carbocycles. The highest BCUT2D eigenvalue weighted by atomic mass is 35.5. The Balaban J connectivity index is 3.50. The average Bonchev–Trinajstić information content (AvgIpc) is 2.26. The molecule has 1 aromatic rings. The quantitative estimate of drug-likeness (QED) is 0.863. The minimum atomic E-state index is -1.09. The van der Waals surface area contributed by atoms with Crippen LogP contribution < -0.4 is 11.0 Å². The van der Waals surface area contributed by atoms with Crippen molar-refractivity contribution in [2.75, 3.05) is 12.0 Å². The van der Waals surface area contributed by atoms with Crippen molar-refractivity contribution in [3.63, 3.8) is 0 Å². The van der Waals surface area contributed by atoms with Gasteiger partial charge in [-0.3, -0.25) is 4.79 Å². The largest absolute Gasteiger partial charge is 0.478 e. The summed E-state index contributed by atoms with van der Waals surface area (Å²) >= 11 is 5.85. The Bertz CT molecular complexity index is 508. The number of carboxylic acids is 1. The molecule has 0 radical (unpaired) electrons. The third-order valence-corrected chi connectivity index (χ3v) is 2.97. The molecule has 2 N–H and O–H groups in total. The first kappa shape index (κ1) is 13.6. The summed E-state index contributed by atoms with van der Waals surface area (Å²) in [6, 6.07) is 0. The van der Waals surface area contributed by atoms with Gasteiger partial charge in [0, 0.05) is 6.54 Å². The van der Waals surface area contributed by atoms with Crippen LogP contribution in [0.2, 0.25) is 5.02 Å². The Morgan fingerprint density at radius 3 is 2.53 bits per heavy atom. The van der Waals surface area contributed by atoms with E-state index in [2.05, 4.69) is 5.43 Å². The van der Waals surface area contributed by atoms with Gasteiger partial charge in [0.05, 0.1) is 11.3 Å². The van der Waals surface area contributed by atoms with Gasteiger partial charge in [-0.2, -0.15) is 0 Å². The second kappa shape index (κ2) is 5.23. The van der Waals surface area contributed by atoms with E-state index in [9.17, 15) is 9.59 Å².